The first-order chi connectivity index (χ1) is 27.6. The van der Waals surface area contributed by atoms with E-state index in [0.29, 0.717) is 5.84 Å². The fourth-order valence-electron chi connectivity index (χ4n) is 8.35. The summed E-state index contributed by atoms with van der Waals surface area (Å²) in [4.78, 5) is 0. The molecule has 3 nitrogen and oxygen atoms in total. The first kappa shape index (κ1) is 35.1. The Labute approximate surface area is 328 Å². The van der Waals surface area contributed by atoms with E-state index >= 15 is 0 Å². The molecule has 2 aliphatic rings. The van der Waals surface area contributed by atoms with Gasteiger partial charge in [0.2, 0.25) is 0 Å². The van der Waals surface area contributed by atoms with Crippen LogP contribution in [0.25, 0.3) is 84.9 Å². The highest BCUT2D eigenvalue weighted by Crippen LogP contribution is 2.37. The van der Waals surface area contributed by atoms with Crippen molar-refractivity contribution in [3.63, 3.8) is 0 Å². The topological polar surface area (TPSA) is 49.0 Å². The van der Waals surface area contributed by atoms with E-state index in [0.717, 1.165) is 98.0 Å². The molecule has 269 valence electrons. The van der Waals surface area contributed by atoms with Crippen molar-refractivity contribution < 1.29 is 4.42 Å². The molecule has 7 aromatic rings. The zero-order valence-electron chi connectivity index (χ0n) is 31.6. The van der Waals surface area contributed by atoms with Gasteiger partial charge in [0, 0.05) is 27.6 Å². The SMILES string of the molecule is C=Cc1oc2c(-c3ccc(-c4cccc(/C([B]C5=CCCC=C5)=C/C(=N)Nc5ccccc5-c5ccccc5)c4)cc3)ccc3c4c(/c(=C/C)c1c23)=CCCC=4. The van der Waals surface area contributed by atoms with Crippen LogP contribution >= 0.6 is 0 Å². The first-order valence-corrected chi connectivity index (χ1v) is 19.5. The Morgan fingerprint density at radius 2 is 1.45 bits per heavy atom. The van der Waals surface area contributed by atoms with Crippen molar-refractivity contribution in [3.8, 4) is 33.4 Å². The fraction of sp³-hybridized carbons (Fsp3) is 0.0962. The summed E-state index contributed by atoms with van der Waals surface area (Å²) in [7, 11) is 2.19. The van der Waals surface area contributed by atoms with E-state index < -0.39 is 0 Å². The maximum Gasteiger partial charge on any atom is 0.191 e. The van der Waals surface area contributed by atoms with Crippen LogP contribution in [0.3, 0.4) is 0 Å². The number of fused-ring (bicyclic) bond motifs is 2. The molecule has 0 aliphatic heterocycles. The van der Waals surface area contributed by atoms with Crippen LogP contribution in [0, 0.1) is 5.41 Å². The Morgan fingerprint density at radius 1 is 0.714 bits per heavy atom. The zero-order valence-corrected chi connectivity index (χ0v) is 31.6. The molecule has 0 fully saturated rings. The number of hydrogen-bond donors (Lipinski definition) is 2. The molecule has 1 heterocycles. The Bertz CT molecular complexity index is 2940. The summed E-state index contributed by atoms with van der Waals surface area (Å²) in [6, 6.07) is 40.4. The summed E-state index contributed by atoms with van der Waals surface area (Å²) in [6.45, 7) is 6.24. The van der Waals surface area contributed by atoms with Gasteiger partial charge in [0.15, 0.2) is 7.28 Å². The third-order valence-corrected chi connectivity index (χ3v) is 11.0. The smallest absolute Gasteiger partial charge is 0.191 e. The zero-order chi connectivity index (χ0) is 38.0. The number of nitrogens with one attached hydrogen (secondary N) is 2. The normalized spacial score (nSPS) is 14.2. The van der Waals surface area contributed by atoms with Gasteiger partial charge in [-0.2, -0.15) is 0 Å². The number of furan rings is 1. The lowest BCUT2D eigenvalue weighted by molar-refractivity contribution is 0.609. The average molecular weight is 722 g/mol. The lowest BCUT2D eigenvalue weighted by atomic mass is 9.59. The van der Waals surface area contributed by atoms with Gasteiger partial charge in [-0.05, 0) is 112 Å². The van der Waals surface area contributed by atoms with Crippen LogP contribution in [-0.4, -0.2) is 13.1 Å². The van der Waals surface area contributed by atoms with Crippen molar-refractivity contribution in [1.82, 2.24) is 0 Å². The maximum atomic E-state index is 9.12. The minimum atomic E-state index is 0.320. The molecule has 0 spiro atoms. The molecule has 2 aliphatic carbocycles. The standard InChI is InChI=1S/C52H42BN2O/c1-3-40-43-23-11-12-24-44(43)45-31-30-42(52-51(45)50(40)48(4-2)56-52)36-28-26-34(27-29-36)37-18-15-19-38(32-37)46(53-39-20-9-6-10-21-39)33-49(54)55-47-25-14-13-22-41(47)35-16-7-5-8-17-35/h3-5,7-9,13-33H,2,6,10-12H2,1H3,(H2,54,55)/b40-3-,46-33-. The minimum Gasteiger partial charge on any atom is -0.455 e. The van der Waals surface area contributed by atoms with Crippen molar-refractivity contribution in [3.05, 3.63) is 179 Å². The second-order valence-corrected chi connectivity index (χ2v) is 14.5. The summed E-state index contributed by atoms with van der Waals surface area (Å²) in [5.41, 5.74) is 11.6. The molecule has 1 aromatic heterocycles. The van der Waals surface area contributed by atoms with Gasteiger partial charge in [0.25, 0.3) is 0 Å². The summed E-state index contributed by atoms with van der Waals surface area (Å²) < 4.78 is 6.65. The van der Waals surface area contributed by atoms with Gasteiger partial charge < -0.3 is 9.73 Å². The van der Waals surface area contributed by atoms with E-state index in [4.69, 9.17) is 9.83 Å². The summed E-state index contributed by atoms with van der Waals surface area (Å²) >= 11 is 0. The van der Waals surface area contributed by atoms with Gasteiger partial charge in [-0.15, -0.1) is 0 Å². The highest BCUT2D eigenvalue weighted by molar-refractivity contribution is 6.69. The van der Waals surface area contributed by atoms with Crippen molar-refractivity contribution >= 4 is 70.3 Å². The van der Waals surface area contributed by atoms with Crippen molar-refractivity contribution in [2.24, 2.45) is 0 Å². The molecule has 0 bridgehead atoms. The lowest BCUT2D eigenvalue weighted by Crippen LogP contribution is -2.41. The van der Waals surface area contributed by atoms with Crippen LogP contribution in [0.2, 0.25) is 0 Å². The molecule has 0 unspecified atom stereocenters. The molecule has 4 heteroatoms. The van der Waals surface area contributed by atoms with Gasteiger partial charge in [0.05, 0.1) is 0 Å². The number of rotatable bonds is 9. The second kappa shape index (κ2) is 15.2. The molecule has 0 saturated heterocycles. The van der Waals surface area contributed by atoms with Gasteiger partial charge in [0.1, 0.15) is 17.2 Å². The van der Waals surface area contributed by atoms with E-state index in [-0.39, 0.29) is 0 Å². The van der Waals surface area contributed by atoms with E-state index in [2.05, 4.69) is 141 Å². The molecular weight excluding hydrogens is 679 g/mol. The summed E-state index contributed by atoms with van der Waals surface area (Å²) in [5.74, 6) is 1.14. The fourth-order valence-corrected chi connectivity index (χ4v) is 8.35. The molecule has 1 radical (unpaired) electrons. The highest BCUT2D eigenvalue weighted by atomic mass is 16.3. The molecule has 0 atom stereocenters. The van der Waals surface area contributed by atoms with Crippen LogP contribution in [0.15, 0.2) is 156 Å². The number of hydrogen-bond acceptors (Lipinski definition) is 2. The third-order valence-electron chi connectivity index (χ3n) is 11.0. The quantitative estimate of drug-likeness (QED) is 0.0886. The van der Waals surface area contributed by atoms with E-state index in [1.165, 1.54) is 26.4 Å². The van der Waals surface area contributed by atoms with Crippen LogP contribution in [0.4, 0.5) is 5.69 Å². The minimum absolute atomic E-state index is 0.320. The van der Waals surface area contributed by atoms with E-state index in [9.17, 15) is 0 Å². The van der Waals surface area contributed by atoms with Crippen LogP contribution in [0.1, 0.15) is 43.9 Å². The third kappa shape index (κ3) is 6.58. The van der Waals surface area contributed by atoms with E-state index in [1.807, 2.05) is 48.6 Å². The van der Waals surface area contributed by atoms with Crippen molar-refractivity contribution in [2.75, 3.05) is 5.32 Å². The lowest BCUT2D eigenvalue weighted by Gasteiger charge is -2.15. The number of amidine groups is 1. The summed E-state index contributed by atoms with van der Waals surface area (Å²) in [6.07, 6.45) is 21.6. The second-order valence-electron chi connectivity index (χ2n) is 14.5. The molecule has 9 rings (SSSR count). The average Bonchev–Trinajstić information content (AvgIpc) is 3.65. The molecule has 0 amide bonds. The van der Waals surface area contributed by atoms with Crippen LogP contribution < -0.4 is 21.0 Å². The highest BCUT2D eigenvalue weighted by Gasteiger charge is 2.19. The Kier molecular flexibility index (Phi) is 9.55. The molecule has 0 saturated carbocycles. The predicted molar refractivity (Wildman–Crippen MR) is 241 cm³/mol. The largest absolute Gasteiger partial charge is 0.455 e. The molecule has 2 N–H and O–H groups in total. The monoisotopic (exact) mass is 721 g/mol. The molecular formula is C52H42BN2O. The first-order valence-electron chi connectivity index (χ1n) is 19.5. The van der Waals surface area contributed by atoms with Gasteiger partial charge >= 0.3 is 0 Å². The number of anilines is 1. The Hall–Kier alpha value is -6.65. The Balaban J connectivity index is 1.06. The maximum absolute atomic E-state index is 9.12. The van der Waals surface area contributed by atoms with E-state index in [1.54, 1.807) is 0 Å². The van der Waals surface area contributed by atoms with Gasteiger partial charge in [-0.25, -0.2) is 0 Å². The number of benzene rings is 6. The Morgan fingerprint density at radius 3 is 2.23 bits per heavy atom. The van der Waals surface area contributed by atoms with Crippen molar-refractivity contribution in [1.29, 1.82) is 5.41 Å². The molecule has 56 heavy (non-hydrogen) atoms. The van der Waals surface area contributed by atoms with Gasteiger partial charge in [-0.1, -0.05) is 151 Å². The molecule has 6 aromatic carbocycles. The van der Waals surface area contributed by atoms with Crippen molar-refractivity contribution in [2.45, 2.75) is 32.6 Å². The van der Waals surface area contributed by atoms with Crippen LogP contribution in [-0.2, 0) is 0 Å². The van der Waals surface area contributed by atoms with Gasteiger partial charge in [-0.3, -0.25) is 5.41 Å². The number of para-hydroxylation sites is 1. The predicted octanol–water partition coefficient (Wildman–Crippen LogP) is 11.5. The van der Waals surface area contributed by atoms with Crippen LogP contribution in [0.5, 0.6) is 0 Å². The number of allylic oxidation sites excluding steroid dienone is 4. The summed E-state index contributed by atoms with van der Waals surface area (Å²) in [5, 5.41) is 19.9.